The van der Waals surface area contributed by atoms with E-state index in [0.29, 0.717) is 23.8 Å². The smallest absolute Gasteiger partial charge is 0.197 e. The summed E-state index contributed by atoms with van der Waals surface area (Å²) in [4.78, 5) is 12.5. The Morgan fingerprint density at radius 2 is 2.04 bits per heavy atom. The average molecular weight is 403 g/mol. The number of benzene rings is 1. The van der Waals surface area contributed by atoms with Crippen molar-refractivity contribution in [3.8, 4) is 11.5 Å². The van der Waals surface area contributed by atoms with Gasteiger partial charge >= 0.3 is 0 Å². The van der Waals surface area contributed by atoms with Gasteiger partial charge in [0.1, 0.15) is 0 Å². The Labute approximate surface area is 167 Å². The molecule has 4 nitrogen and oxygen atoms in total. The van der Waals surface area contributed by atoms with Crippen molar-refractivity contribution in [2.24, 2.45) is 11.8 Å². The second-order valence-corrected chi connectivity index (χ2v) is 7.02. The molecule has 3 unspecified atom stereocenters. The maximum Gasteiger partial charge on any atom is 0.197 e. The molecule has 3 aliphatic carbocycles. The minimum Gasteiger partial charge on any atom is -0.504 e. The molecule has 1 N–H and O–H groups in total. The average Bonchev–Trinajstić information content (AvgIpc) is 2.53. The van der Waals surface area contributed by atoms with E-state index in [9.17, 15) is 9.90 Å². The van der Waals surface area contributed by atoms with Gasteiger partial charge < -0.3 is 14.6 Å². The molecule has 125 valence electrons. The van der Waals surface area contributed by atoms with E-state index in [0.717, 1.165) is 24.8 Å². The Morgan fingerprint density at radius 1 is 1.25 bits per heavy atom. The number of ether oxygens (including phenoxy) is 2. The fraction of sp³-hybridized carbons (Fsp3) is 0.526. The van der Waals surface area contributed by atoms with Crippen LogP contribution in [0.25, 0.3) is 0 Å². The molecular weight excluding hydrogens is 381 g/mol. The van der Waals surface area contributed by atoms with Gasteiger partial charge in [-0.25, -0.2) is 0 Å². The molecule has 3 atom stereocenters. The van der Waals surface area contributed by atoms with Crippen LogP contribution in [-0.4, -0.2) is 25.1 Å². The number of carbonyl (C=O) groups is 1. The normalized spacial score (nSPS) is 30.4. The zero-order valence-electron chi connectivity index (χ0n) is 14.2. The second kappa shape index (κ2) is 6.46. The summed E-state index contributed by atoms with van der Waals surface area (Å²) in [7, 11) is 3.13. The quantitative estimate of drug-likeness (QED) is 0.825. The molecule has 0 saturated heterocycles. The molecule has 0 aromatic heterocycles. The fourth-order valence-corrected chi connectivity index (χ4v) is 5.19. The van der Waals surface area contributed by atoms with Crippen molar-refractivity contribution in [3.05, 3.63) is 35.1 Å². The van der Waals surface area contributed by atoms with Gasteiger partial charge in [-0.1, -0.05) is 12.5 Å². The first kappa shape index (κ1) is 17.9. The van der Waals surface area contributed by atoms with Crippen molar-refractivity contribution in [1.82, 2.24) is 0 Å². The van der Waals surface area contributed by atoms with Crippen molar-refractivity contribution >= 4 is 5.78 Å². The minimum absolute atomic E-state index is 0. The van der Waals surface area contributed by atoms with E-state index >= 15 is 0 Å². The molecule has 0 heterocycles. The summed E-state index contributed by atoms with van der Waals surface area (Å²) >= 11 is 0. The maximum absolute atomic E-state index is 12.5. The van der Waals surface area contributed by atoms with E-state index in [1.165, 1.54) is 12.0 Å². The number of carbonyl (C=O) groups excluding carboxylic acids is 1. The summed E-state index contributed by atoms with van der Waals surface area (Å²) < 4.78 is 10.6. The van der Waals surface area contributed by atoms with Gasteiger partial charge in [-0.3, -0.25) is 4.79 Å². The van der Waals surface area contributed by atoms with Gasteiger partial charge in [0, 0.05) is 50.1 Å². The number of allylic oxidation sites excluding steroid dienone is 2. The molecule has 1 radical (unpaired) electrons. The van der Waals surface area contributed by atoms with Crippen LogP contribution in [-0.2, 0) is 54.1 Å². The predicted molar refractivity (Wildman–Crippen MR) is 85.6 cm³/mol. The van der Waals surface area contributed by atoms with Crippen molar-refractivity contribution in [2.75, 3.05) is 14.2 Å². The number of ketones is 1. The Hall–Kier alpha value is -0.866. The zero-order chi connectivity index (χ0) is 16.2. The number of phenolic OH excluding ortho intramolecular Hbond substituents is 1. The van der Waals surface area contributed by atoms with E-state index in [4.69, 9.17) is 9.47 Å². The van der Waals surface area contributed by atoms with Gasteiger partial charge in [-0.15, -0.1) is 0 Å². The van der Waals surface area contributed by atoms with Crippen LogP contribution in [0.3, 0.4) is 0 Å². The summed E-state index contributed by atoms with van der Waals surface area (Å²) in [6.07, 6.45) is 6.59. The summed E-state index contributed by atoms with van der Waals surface area (Å²) in [6.45, 7) is 0. The predicted octanol–water partition coefficient (Wildman–Crippen LogP) is 3.11. The van der Waals surface area contributed by atoms with E-state index < -0.39 is 0 Å². The Morgan fingerprint density at radius 3 is 2.75 bits per heavy atom. The van der Waals surface area contributed by atoms with Crippen LogP contribution in [0.15, 0.2) is 24.0 Å². The van der Waals surface area contributed by atoms with Crippen molar-refractivity contribution in [1.29, 1.82) is 0 Å². The molecule has 1 saturated carbocycles. The van der Waals surface area contributed by atoms with E-state index in [1.807, 2.05) is 12.1 Å². The first-order chi connectivity index (χ1) is 11.1. The van der Waals surface area contributed by atoms with Crippen molar-refractivity contribution in [2.45, 2.75) is 37.5 Å². The third kappa shape index (κ3) is 2.37. The van der Waals surface area contributed by atoms with Crippen LogP contribution in [0.4, 0.5) is 0 Å². The molecule has 1 fully saturated rings. The van der Waals surface area contributed by atoms with Crippen molar-refractivity contribution in [3.63, 3.8) is 0 Å². The Balaban J connectivity index is 0.00000169. The summed E-state index contributed by atoms with van der Waals surface area (Å²) in [5.41, 5.74) is 1.82. The molecule has 24 heavy (non-hydrogen) atoms. The minimum atomic E-state index is -0.297. The molecule has 1 aromatic rings. The molecule has 5 heteroatoms. The number of aromatic hydroxyl groups is 1. The van der Waals surface area contributed by atoms with Gasteiger partial charge in [0.2, 0.25) is 0 Å². The second-order valence-electron chi connectivity index (χ2n) is 7.02. The molecule has 3 aliphatic rings. The summed E-state index contributed by atoms with van der Waals surface area (Å²) in [5.74, 6) is 2.02. The van der Waals surface area contributed by atoms with Gasteiger partial charge in [0.15, 0.2) is 23.0 Å². The Bertz CT molecular complexity index is 712. The van der Waals surface area contributed by atoms with E-state index in [2.05, 4.69) is 6.07 Å². The first-order valence-electron chi connectivity index (χ1n) is 8.29. The van der Waals surface area contributed by atoms with Crippen LogP contribution in [0.1, 0.15) is 36.8 Å². The number of hydrogen-bond donors (Lipinski definition) is 1. The third-order valence-electron chi connectivity index (χ3n) is 6.07. The van der Waals surface area contributed by atoms with Gasteiger partial charge in [-0.2, -0.15) is 0 Å². The van der Waals surface area contributed by atoms with Crippen LogP contribution in [0.2, 0.25) is 0 Å². The molecule has 2 bridgehead atoms. The van der Waals surface area contributed by atoms with E-state index in [1.54, 1.807) is 14.2 Å². The fourth-order valence-electron chi connectivity index (χ4n) is 5.19. The van der Waals surface area contributed by atoms with E-state index in [-0.39, 0.29) is 55.6 Å². The van der Waals surface area contributed by atoms with Crippen molar-refractivity contribution < 1.29 is 52.1 Å². The standard InChI is InChI=1S/C19H22O4.Y/c1-22-15-6-5-12-8-11-4-3-7-19(17(12)18(15)21)10-14(20)16(23-2)9-13(11)19;/h5-6,9,11,13,21H,3-4,7-8,10H2,1-2H3;. The Kier molecular flexibility index (Phi) is 4.83. The third-order valence-corrected chi connectivity index (χ3v) is 6.07. The number of methoxy groups -OCH3 is 2. The van der Waals surface area contributed by atoms with Gasteiger partial charge in [0.25, 0.3) is 0 Å². The number of phenols is 1. The van der Waals surface area contributed by atoms with Crippen LogP contribution in [0, 0.1) is 11.8 Å². The van der Waals surface area contributed by atoms with Crippen LogP contribution >= 0.6 is 0 Å². The largest absolute Gasteiger partial charge is 0.504 e. The maximum atomic E-state index is 12.5. The van der Waals surface area contributed by atoms with Gasteiger partial charge in [-0.05, 0) is 48.8 Å². The monoisotopic (exact) mass is 403 g/mol. The topological polar surface area (TPSA) is 55.8 Å². The summed E-state index contributed by atoms with van der Waals surface area (Å²) in [5, 5.41) is 10.8. The molecule has 0 spiro atoms. The van der Waals surface area contributed by atoms with Gasteiger partial charge in [0.05, 0.1) is 14.2 Å². The molecule has 0 amide bonds. The number of fused-ring (bicyclic) bond motifs is 1. The molecular formula is C19H22O4Y. The molecule has 4 rings (SSSR count). The number of Topliss-reactive ketones (excluding diaryl/α,β-unsaturated/α-hetero) is 1. The number of rotatable bonds is 2. The SMILES string of the molecule is COC1=CC2C3CCCC2(CC1=O)c1c(ccc(OC)c1O)C3.[Y]. The summed E-state index contributed by atoms with van der Waals surface area (Å²) in [6, 6.07) is 3.89. The van der Waals surface area contributed by atoms with Crippen LogP contribution < -0.4 is 4.74 Å². The molecule has 0 aliphatic heterocycles. The zero-order valence-corrected chi connectivity index (χ0v) is 17.0. The molecule has 1 aromatic carbocycles. The number of hydrogen-bond acceptors (Lipinski definition) is 4. The first-order valence-corrected chi connectivity index (χ1v) is 8.29. The van der Waals surface area contributed by atoms with Crippen LogP contribution in [0.5, 0.6) is 11.5 Å².